The van der Waals surface area contributed by atoms with E-state index in [1.807, 2.05) is 0 Å². The van der Waals surface area contributed by atoms with Crippen molar-refractivity contribution in [2.75, 3.05) is 26.2 Å². The highest BCUT2D eigenvalue weighted by atomic mass is 16.5. The van der Waals surface area contributed by atoms with Gasteiger partial charge in [0.1, 0.15) is 6.61 Å². The molecule has 4 heteroatoms. The predicted octanol–water partition coefficient (Wildman–Crippen LogP) is -0.0143. The van der Waals surface area contributed by atoms with Crippen molar-refractivity contribution in [3.05, 3.63) is 0 Å². The van der Waals surface area contributed by atoms with E-state index in [4.69, 9.17) is 4.74 Å². The third-order valence-corrected chi connectivity index (χ3v) is 3.18. The molecule has 2 fully saturated rings. The molecule has 1 amide bonds. The minimum atomic E-state index is 0.0160. The van der Waals surface area contributed by atoms with Crippen LogP contribution in [0.1, 0.15) is 19.8 Å². The van der Waals surface area contributed by atoms with E-state index in [9.17, 15) is 4.79 Å². The van der Waals surface area contributed by atoms with Crippen molar-refractivity contribution < 1.29 is 9.53 Å². The lowest BCUT2D eigenvalue weighted by Crippen LogP contribution is -2.51. The van der Waals surface area contributed by atoms with Gasteiger partial charge in [-0.25, -0.2) is 0 Å². The lowest BCUT2D eigenvalue weighted by molar-refractivity contribution is -0.135. The Labute approximate surface area is 84.6 Å². The molecule has 2 saturated heterocycles. The van der Waals surface area contributed by atoms with Gasteiger partial charge in [-0.3, -0.25) is 9.69 Å². The fourth-order valence-electron chi connectivity index (χ4n) is 2.42. The zero-order chi connectivity index (χ0) is 9.97. The molecule has 2 rings (SSSR count). The Morgan fingerprint density at radius 1 is 1.64 bits per heavy atom. The van der Waals surface area contributed by atoms with Gasteiger partial charge in [-0.15, -0.1) is 0 Å². The quantitative estimate of drug-likeness (QED) is 0.678. The van der Waals surface area contributed by atoms with Gasteiger partial charge < -0.3 is 10.1 Å². The number of nitrogens with one attached hydrogen (secondary N) is 1. The molecule has 0 bridgehead atoms. The normalized spacial score (nSPS) is 34.5. The smallest absolute Gasteiger partial charge is 0.246 e. The first-order chi connectivity index (χ1) is 6.81. The Balaban J connectivity index is 1.91. The minimum absolute atomic E-state index is 0.0160. The van der Waals surface area contributed by atoms with E-state index in [0.29, 0.717) is 12.6 Å². The monoisotopic (exact) mass is 198 g/mol. The van der Waals surface area contributed by atoms with Crippen LogP contribution in [0.3, 0.4) is 0 Å². The number of hydrogen-bond acceptors (Lipinski definition) is 3. The molecule has 0 radical (unpaired) electrons. The van der Waals surface area contributed by atoms with E-state index in [1.165, 1.54) is 19.4 Å². The van der Waals surface area contributed by atoms with Gasteiger partial charge in [0.25, 0.3) is 0 Å². The second-order valence-electron chi connectivity index (χ2n) is 3.99. The second-order valence-corrected chi connectivity index (χ2v) is 3.99. The molecule has 0 saturated carbocycles. The van der Waals surface area contributed by atoms with Crippen molar-refractivity contribution in [1.29, 1.82) is 0 Å². The number of likely N-dealkylation sites (tertiary alicyclic amines) is 1. The highest BCUT2D eigenvalue weighted by molar-refractivity contribution is 5.77. The van der Waals surface area contributed by atoms with Gasteiger partial charge >= 0.3 is 0 Å². The van der Waals surface area contributed by atoms with E-state index in [1.54, 1.807) is 0 Å². The molecule has 2 unspecified atom stereocenters. The molecule has 2 aliphatic heterocycles. The molecule has 80 valence electrons. The second kappa shape index (κ2) is 4.28. The van der Waals surface area contributed by atoms with E-state index < -0.39 is 0 Å². The summed E-state index contributed by atoms with van der Waals surface area (Å²) >= 11 is 0. The molecular weight excluding hydrogens is 180 g/mol. The van der Waals surface area contributed by atoms with Crippen LogP contribution in [0.25, 0.3) is 0 Å². The average Bonchev–Trinajstić information content (AvgIpc) is 2.67. The van der Waals surface area contributed by atoms with Gasteiger partial charge in [-0.05, 0) is 25.9 Å². The largest absolute Gasteiger partial charge is 0.365 e. The van der Waals surface area contributed by atoms with Gasteiger partial charge in [0, 0.05) is 12.6 Å². The van der Waals surface area contributed by atoms with Crippen molar-refractivity contribution in [2.45, 2.75) is 31.9 Å². The molecule has 0 spiro atoms. The summed E-state index contributed by atoms with van der Waals surface area (Å²) in [5, 5.41) is 2.86. The molecule has 0 aromatic carbocycles. The number of nitrogens with zero attached hydrogens (tertiary/aromatic N) is 1. The Morgan fingerprint density at radius 2 is 2.50 bits per heavy atom. The number of amides is 1. The van der Waals surface area contributed by atoms with Crippen LogP contribution in [0, 0.1) is 0 Å². The predicted molar refractivity (Wildman–Crippen MR) is 53.0 cm³/mol. The Hall–Kier alpha value is -0.610. The number of rotatable bonds is 2. The van der Waals surface area contributed by atoms with Crippen LogP contribution in [0.4, 0.5) is 0 Å². The Morgan fingerprint density at radius 3 is 3.14 bits per heavy atom. The van der Waals surface area contributed by atoms with Gasteiger partial charge in [-0.2, -0.15) is 0 Å². The Kier molecular flexibility index (Phi) is 3.03. The molecular formula is C10H18N2O2. The number of likely N-dealkylation sites (N-methyl/N-ethyl adjacent to an activating group) is 1. The van der Waals surface area contributed by atoms with Gasteiger partial charge in [0.15, 0.2) is 0 Å². The SMILES string of the molecule is CCN1CCCC1C1CNC(=O)CO1. The molecule has 14 heavy (non-hydrogen) atoms. The van der Waals surface area contributed by atoms with Crippen molar-refractivity contribution in [3.8, 4) is 0 Å². The highest BCUT2D eigenvalue weighted by Gasteiger charge is 2.33. The maximum absolute atomic E-state index is 10.9. The average molecular weight is 198 g/mol. The maximum atomic E-state index is 10.9. The summed E-state index contributed by atoms with van der Waals surface area (Å²) in [6.45, 7) is 5.35. The summed E-state index contributed by atoms with van der Waals surface area (Å²) < 4.78 is 5.55. The fraction of sp³-hybridized carbons (Fsp3) is 0.900. The first-order valence-corrected chi connectivity index (χ1v) is 5.43. The number of morpholine rings is 1. The number of hydrogen-bond donors (Lipinski definition) is 1. The molecule has 0 aromatic heterocycles. The maximum Gasteiger partial charge on any atom is 0.246 e. The fourth-order valence-corrected chi connectivity index (χ4v) is 2.42. The van der Waals surface area contributed by atoms with Crippen LogP contribution >= 0.6 is 0 Å². The van der Waals surface area contributed by atoms with Crippen LogP contribution in [0.15, 0.2) is 0 Å². The van der Waals surface area contributed by atoms with Crippen LogP contribution in [0.5, 0.6) is 0 Å². The zero-order valence-electron chi connectivity index (χ0n) is 8.66. The molecule has 4 nitrogen and oxygen atoms in total. The highest BCUT2D eigenvalue weighted by Crippen LogP contribution is 2.22. The third kappa shape index (κ3) is 1.91. The summed E-state index contributed by atoms with van der Waals surface area (Å²) in [4.78, 5) is 13.4. The van der Waals surface area contributed by atoms with Crippen molar-refractivity contribution in [1.82, 2.24) is 10.2 Å². The topological polar surface area (TPSA) is 41.6 Å². The summed E-state index contributed by atoms with van der Waals surface area (Å²) in [6, 6.07) is 0.514. The summed E-state index contributed by atoms with van der Waals surface area (Å²) in [6.07, 6.45) is 2.66. The molecule has 2 atom stereocenters. The van der Waals surface area contributed by atoms with E-state index in [2.05, 4.69) is 17.1 Å². The van der Waals surface area contributed by atoms with E-state index >= 15 is 0 Å². The first kappa shape index (κ1) is 9.93. The minimum Gasteiger partial charge on any atom is -0.365 e. The van der Waals surface area contributed by atoms with E-state index in [-0.39, 0.29) is 18.6 Å². The van der Waals surface area contributed by atoms with Gasteiger partial charge in [0.05, 0.1) is 6.10 Å². The van der Waals surface area contributed by atoms with Crippen molar-refractivity contribution >= 4 is 5.91 Å². The molecule has 1 N–H and O–H groups in total. The number of carbonyl (C=O) groups excluding carboxylic acids is 1. The third-order valence-electron chi connectivity index (χ3n) is 3.18. The van der Waals surface area contributed by atoms with Crippen molar-refractivity contribution in [3.63, 3.8) is 0 Å². The van der Waals surface area contributed by atoms with Crippen LogP contribution < -0.4 is 5.32 Å². The zero-order valence-corrected chi connectivity index (χ0v) is 8.66. The summed E-state index contributed by atoms with van der Waals surface area (Å²) in [7, 11) is 0. The molecule has 2 aliphatic rings. The molecule has 0 aromatic rings. The van der Waals surface area contributed by atoms with Gasteiger partial charge in [-0.1, -0.05) is 6.92 Å². The van der Waals surface area contributed by atoms with Crippen LogP contribution in [-0.2, 0) is 9.53 Å². The van der Waals surface area contributed by atoms with Crippen LogP contribution in [0.2, 0.25) is 0 Å². The summed E-state index contributed by atoms with van der Waals surface area (Å²) in [5.41, 5.74) is 0. The number of carbonyl (C=O) groups is 1. The lowest BCUT2D eigenvalue weighted by Gasteiger charge is -2.33. The molecule has 2 heterocycles. The Bertz CT molecular complexity index is 210. The summed E-state index contributed by atoms with van der Waals surface area (Å²) in [5.74, 6) is 0.0160. The lowest BCUT2D eigenvalue weighted by atomic mass is 10.1. The van der Waals surface area contributed by atoms with E-state index in [0.717, 1.165) is 6.54 Å². The number of ether oxygens (including phenoxy) is 1. The first-order valence-electron chi connectivity index (χ1n) is 5.43. The standard InChI is InChI=1S/C10H18N2O2/c1-2-12-5-3-4-8(12)9-6-11-10(13)7-14-9/h8-9H,2-7H2,1H3,(H,11,13). The molecule has 0 aliphatic carbocycles. The van der Waals surface area contributed by atoms with Crippen LogP contribution in [-0.4, -0.2) is 49.2 Å². The van der Waals surface area contributed by atoms with Gasteiger partial charge in [0.2, 0.25) is 5.91 Å². The van der Waals surface area contributed by atoms with Crippen molar-refractivity contribution in [2.24, 2.45) is 0 Å².